The number of hydrogen-bond acceptors (Lipinski definition) is 0. The van der Waals surface area contributed by atoms with Gasteiger partial charge in [-0.05, 0) is 0 Å². The first-order valence-corrected chi connectivity index (χ1v) is 13.9. The summed E-state index contributed by atoms with van der Waals surface area (Å²) < 4.78 is 5.04. The molecule has 0 aromatic heterocycles. The van der Waals surface area contributed by atoms with E-state index in [4.69, 9.17) is 11.6 Å². The van der Waals surface area contributed by atoms with E-state index in [-0.39, 0.29) is 0 Å². The second-order valence-corrected chi connectivity index (χ2v) is 13.4. The van der Waals surface area contributed by atoms with Gasteiger partial charge in [-0.3, -0.25) is 0 Å². The van der Waals surface area contributed by atoms with Crippen LogP contribution in [0.15, 0.2) is 12.7 Å². The molecule has 0 aromatic rings. The van der Waals surface area contributed by atoms with Crippen LogP contribution in [0.4, 0.5) is 0 Å². The molecule has 0 nitrogen and oxygen atoms in total. The molecule has 0 amide bonds. The molecule has 0 saturated heterocycles. The first-order valence-electron chi connectivity index (χ1n) is 7.27. The Bertz CT molecular complexity index is 118. The Kier molecular flexibility index (Phi) is 22.7. The van der Waals surface area contributed by atoms with Crippen LogP contribution in [0.2, 0.25) is 13.3 Å². The van der Waals surface area contributed by atoms with E-state index in [1.807, 2.05) is 0 Å². The number of rotatable bonds is 10. The van der Waals surface area contributed by atoms with Gasteiger partial charge in [0.25, 0.3) is 0 Å². The number of unbranched alkanes of at least 4 members (excludes halogenated alkanes) is 3. The molecule has 0 N–H and O–H groups in total. The topological polar surface area (TPSA) is 0 Å². The third-order valence-corrected chi connectivity index (χ3v) is 12.1. The summed E-state index contributed by atoms with van der Waals surface area (Å²) >= 11 is 4.23. The van der Waals surface area contributed by atoms with E-state index in [2.05, 4.69) is 27.4 Å². The fourth-order valence-electron chi connectivity index (χ4n) is 1.66. The Labute approximate surface area is 122 Å². The van der Waals surface area contributed by atoms with Crippen molar-refractivity contribution < 1.29 is 0 Å². The van der Waals surface area contributed by atoms with Gasteiger partial charge < -0.3 is 0 Å². The average Bonchev–Trinajstić information content (AvgIpc) is 2.38. The Hall–Kier alpha value is 0.829. The zero-order valence-corrected chi connectivity index (χ0v) is 15.8. The van der Waals surface area contributed by atoms with E-state index in [0.717, 1.165) is 0 Å². The molecule has 1 radical (unpaired) electrons. The molecule has 103 valence electrons. The van der Waals surface area contributed by atoms with Gasteiger partial charge in [-0.1, -0.05) is 6.08 Å². The molecule has 0 heterocycles. The van der Waals surface area contributed by atoms with E-state index in [9.17, 15) is 0 Å². The Balaban J connectivity index is 0. The van der Waals surface area contributed by atoms with E-state index in [1.165, 1.54) is 38.5 Å². The Morgan fingerprint density at radius 1 is 0.882 bits per heavy atom. The second-order valence-electron chi connectivity index (χ2n) is 4.50. The fourth-order valence-corrected chi connectivity index (χ4v) is 11.1. The Morgan fingerprint density at radius 2 is 1.18 bits per heavy atom. The van der Waals surface area contributed by atoms with Gasteiger partial charge in [0.1, 0.15) is 0 Å². The zero-order valence-electron chi connectivity index (χ0n) is 12.2. The van der Waals surface area contributed by atoms with Crippen molar-refractivity contribution in [2.45, 2.75) is 72.6 Å². The number of alkyl halides is 1. The molecule has 17 heavy (non-hydrogen) atoms. The normalized spacial score (nSPS) is 9.94. The summed E-state index contributed by atoms with van der Waals surface area (Å²) in [5, 5.41) is 0. The van der Waals surface area contributed by atoms with Crippen molar-refractivity contribution in [3.8, 4) is 0 Å². The second kappa shape index (κ2) is 19.2. The van der Waals surface area contributed by atoms with Crippen LogP contribution in [0.25, 0.3) is 0 Å². The van der Waals surface area contributed by atoms with Crippen molar-refractivity contribution in [2.24, 2.45) is 0 Å². The average molecular weight is 367 g/mol. The van der Waals surface area contributed by atoms with Gasteiger partial charge in [-0.2, -0.15) is 0 Å². The van der Waals surface area contributed by atoms with Crippen LogP contribution in [-0.2, 0) is 0 Å². The predicted molar refractivity (Wildman–Crippen MR) is 85.8 cm³/mol. The summed E-state index contributed by atoms with van der Waals surface area (Å²) in [6, 6.07) is 0. The first-order chi connectivity index (χ1) is 8.26. The van der Waals surface area contributed by atoms with Gasteiger partial charge in [-0.25, -0.2) is 0 Å². The van der Waals surface area contributed by atoms with Gasteiger partial charge in [0.2, 0.25) is 0 Å². The van der Waals surface area contributed by atoms with Gasteiger partial charge in [0, 0.05) is 5.88 Å². The van der Waals surface area contributed by atoms with Crippen molar-refractivity contribution in [3.63, 3.8) is 0 Å². The standard InChI is InChI=1S/3C4H9.C3H5Cl.Sn/c3*1-3-4-2;1-2-3-4;/h3*1,3-4H2,2H3;2H,1,3H2;. The van der Waals surface area contributed by atoms with Crippen LogP contribution in [0, 0.1) is 0 Å². The predicted octanol–water partition coefficient (Wildman–Crippen LogP) is 6.29. The molecular weight excluding hydrogens is 334 g/mol. The van der Waals surface area contributed by atoms with E-state index < -0.39 is 19.8 Å². The summed E-state index contributed by atoms with van der Waals surface area (Å²) in [5.41, 5.74) is 0. The van der Waals surface area contributed by atoms with Crippen molar-refractivity contribution in [1.29, 1.82) is 0 Å². The molecular formula is C15H32ClSn. The van der Waals surface area contributed by atoms with Gasteiger partial charge >= 0.3 is 92.4 Å². The summed E-state index contributed by atoms with van der Waals surface area (Å²) in [6.45, 7) is 10.3. The summed E-state index contributed by atoms with van der Waals surface area (Å²) in [7, 11) is 0. The van der Waals surface area contributed by atoms with Crippen LogP contribution >= 0.6 is 11.6 Å². The molecule has 0 unspecified atom stereocenters. The van der Waals surface area contributed by atoms with Crippen LogP contribution in [-0.4, -0.2) is 25.6 Å². The quantitative estimate of drug-likeness (QED) is 0.242. The number of allylic oxidation sites excluding steroid dienone is 1. The molecule has 0 aliphatic rings. The molecule has 0 aromatic carbocycles. The van der Waals surface area contributed by atoms with Crippen molar-refractivity contribution in [3.05, 3.63) is 12.7 Å². The van der Waals surface area contributed by atoms with Gasteiger partial charge in [0.15, 0.2) is 0 Å². The first kappa shape index (κ1) is 20.2. The summed E-state index contributed by atoms with van der Waals surface area (Å²) in [6.07, 6.45) is 10.5. The third-order valence-electron chi connectivity index (χ3n) is 2.76. The minimum atomic E-state index is -0.839. The fraction of sp³-hybridized carbons (Fsp3) is 0.867. The van der Waals surface area contributed by atoms with Crippen LogP contribution in [0.1, 0.15) is 59.3 Å². The minimum absolute atomic E-state index is 0.556. The van der Waals surface area contributed by atoms with E-state index >= 15 is 0 Å². The van der Waals surface area contributed by atoms with Crippen molar-refractivity contribution >= 4 is 31.4 Å². The van der Waals surface area contributed by atoms with Crippen LogP contribution in [0.5, 0.6) is 0 Å². The SMILES string of the molecule is C=CCCl.CCC[CH2][Sn]([CH2]CCC)[CH2]CCC. The molecule has 0 spiro atoms. The van der Waals surface area contributed by atoms with Crippen molar-refractivity contribution in [2.75, 3.05) is 5.88 Å². The van der Waals surface area contributed by atoms with Crippen LogP contribution in [0.3, 0.4) is 0 Å². The van der Waals surface area contributed by atoms with E-state index in [0.29, 0.717) is 5.88 Å². The van der Waals surface area contributed by atoms with Gasteiger partial charge in [-0.15, -0.1) is 18.2 Å². The molecule has 0 rings (SSSR count). The maximum absolute atomic E-state index is 5.07. The summed E-state index contributed by atoms with van der Waals surface area (Å²) in [5.74, 6) is 0.556. The zero-order chi connectivity index (χ0) is 13.4. The Morgan fingerprint density at radius 3 is 1.35 bits per heavy atom. The third kappa shape index (κ3) is 19.4. The monoisotopic (exact) mass is 367 g/mol. The maximum atomic E-state index is 5.07. The molecule has 2 heteroatoms. The van der Waals surface area contributed by atoms with Gasteiger partial charge in [0.05, 0.1) is 0 Å². The van der Waals surface area contributed by atoms with E-state index in [1.54, 1.807) is 19.4 Å². The molecule has 0 saturated carbocycles. The van der Waals surface area contributed by atoms with Crippen molar-refractivity contribution in [1.82, 2.24) is 0 Å². The molecule has 0 atom stereocenters. The number of hydrogen-bond donors (Lipinski definition) is 0. The molecule has 0 aliphatic carbocycles. The molecule has 0 bridgehead atoms. The van der Waals surface area contributed by atoms with Crippen LogP contribution < -0.4 is 0 Å². The molecule has 0 aliphatic heterocycles. The number of halogens is 1. The summed E-state index contributed by atoms with van der Waals surface area (Å²) in [4.78, 5) is 0. The molecule has 0 fully saturated rings.